The number of phenols is 1. The van der Waals surface area contributed by atoms with Gasteiger partial charge in [-0.1, -0.05) is 31.2 Å². The molecular formula is C24H26N4O4S. The Balaban J connectivity index is 1.80. The fourth-order valence-corrected chi connectivity index (χ4v) is 3.95. The van der Waals surface area contributed by atoms with Crippen LogP contribution in [0.3, 0.4) is 0 Å². The Morgan fingerprint density at radius 3 is 2.48 bits per heavy atom. The highest BCUT2D eigenvalue weighted by atomic mass is 32.2. The van der Waals surface area contributed by atoms with Gasteiger partial charge in [0, 0.05) is 26.2 Å². The minimum Gasteiger partial charge on any atom is -0.506 e. The Kier molecular flexibility index (Phi) is 7.89. The van der Waals surface area contributed by atoms with Gasteiger partial charge >= 0.3 is 0 Å². The largest absolute Gasteiger partial charge is 0.506 e. The van der Waals surface area contributed by atoms with Gasteiger partial charge in [0.05, 0.1) is 17.1 Å². The number of rotatable bonds is 7. The van der Waals surface area contributed by atoms with Crippen LogP contribution in [0.25, 0.3) is 6.08 Å². The lowest BCUT2D eigenvalue weighted by molar-refractivity contribution is -0.127. The zero-order chi connectivity index (χ0) is 24.0. The van der Waals surface area contributed by atoms with Crippen LogP contribution in [0.5, 0.6) is 5.75 Å². The topological polar surface area (TPSA) is 102 Å². The maximum absolute atomic E-state index is 13.2. The summed E-state index contributed by atoms with van der Waals surface area (Å²) in [6, 6.07) is 13.4. The first kappa shape index (κ1) is 24.1. The summed E-state index contributed by atoms with van der Waals surface area (Å²) in [7, 11) is 3.25. The highest BCUT2D eigenvalue weighted by molar-refractivity contribution is 8.19. The Hall–Kier alpha value is -3.59. The van der Waals surface area contributed by atoms with Crippen molar-refractivity contribution in [3.05, 3.63) is 64.6 Å². The monoisotopic (exact) mass is 466 g/mol. The first-order chi connectivity index (χ1) is 15.8. The van der Waals surface area contributed by atoms with E-state index < -0.39 is 0 Å². The molecule has 3 rings (SSSR count). The smallest absolute Gasteiger partial charge is 0.271 e. The van der Waals surface area contributed by atoms with Crippen molar-refractivity contribution < 1.29 is 19.5 Å². The van der Waals surface area contributed by atoms with Gasteiger partial charge in [0.2, 0.25) is 5.91 Å². The van der Waals surface area contributed by atoms with E-state index in [0.717, 1.165) is 12.0 Å². The SMILES string of the molecule is CCCN=C1S/C(=C\c2ccc(C(=O)NCC(=O)N(C)C)cc2)C(=O)N1c1ccccc1O. The second-order valence-electron chi connectivity index (χ2n) is 7.50. The van der Waals surface area contributed by atoms with Gasteiger partial charge in [0.15, 0.2) is 5.17 Å². The molecule has 172 valence electrons. The molecule has 1 aliphatic heterocycles. The molecule has 2 N–H and O–H groups in total. The molecule has 0 spiro atoms. The maximum Gasteiger partial charge on any atom is 0.271 e. The van der Waals surface area contributed by atoms with Gasteiger partial charge in [-0.3, -0.25) is 24.3 Å². The van der Waals surface area contributed by atoms with Crippen LogP contribution in [0.1, 0.15) is 29.3 Å². The van der Waals surface area contributed by atoms with Crippen LogP contribution >= 0.6 is 11.8 Å². The molecule has 2 aromatic rings. The number of aliphatic imine (C=N–C) groups is 1. The molecule has 0 bridgehead atoms. The Morgan fingerprint density at radius 2 is 1.85 bits per heavy atom. The lowest BCUT2D eigenvalue weighted by Crippen LogP contribution is -2.36. The summed E-state index contributed by atoms with van der Waals surface area (Å²) in [5, 5.41) is 13.4. The average Bonchev–Trinajstić information content (AvgIpc) is 3.11. The summed E-state index contributed by atoms with van der Waals surface area (Å²) in [6.07, 6.45) is 2.56. The van der Waals surface area contributed by atoms with E-state index in [9.17, 15) is 19.5 Å². The lowest BCUT2D eigenvalue weighted by atomic mass is 10.1. The third-order valence-electron chi connectivity index (χ3n) is 4.77. The van der Waals surface area contributed by atoms with Gasteiger partial charge in [-0.05, 0) is 54.1 Å². The first-order valence-corrected chi connectivity index (χ1v) is 11.3. The van der Waals surface area contributed by atoms with Crippen molar-refractivity contribution in [2.45, 2.75) is 13.3 Å². The Labute approximate surface area is 197 Å². The number of phenolic OH excluding ortho intramolecular Hbond substituents is 1. The van der Waals surface area contributed by atoms with Crippen LogP contribution in [0.2, 0.25) is 0 Å². The molecule has 0 saturated carbocycles. The number of likely N-dealkylation sites (N-methyl/N-ethyl adjacent to an activating group) is 1. The lowest BCUT2D eigenvalue weighted by Gasteiger charge is -2.16. The van der Waals surface area contributed by atoms with Crippen molar-refractivity contribution in [2.75, 3.05) is 32.1 Å². The fourth-order valence-electron chi connectivity index (χ4n) is 2.95. The molecule has 8 nitrogen and oxygen atoms in total. The quantitative estimate of drug-likeness (QED) is 0.611. The van der Waals surface area contributed by atoms with Crippen LogP contribution in [0.15, 0.2) is 58.4 Å². The van der Waals surface area contributed by atoms with Gasteiger partial charge in [-0.15, -0.1) is 0 Å². The number of anilines is 1. The first-order valence-electron chi connectivity index (χ1n) is 10.5. The second kappa shape index (κ2) is 10.8. The van der Waals surface area contributed by atoms with E-state index in [1.807, 2.05) is 6.92 Å². The molecule has 0 unspecified atom stereocenters. The predicted octanol–water partition coefficient (Wildman–Crippen LogP) is 3.10. The zero-order valence-electron chi connectivity index (χ0n) is 18.7. The third-order valence-corrected chi connectivity index (χ3v) is 5.78. The van der Waals surface area contributed by atoms with E-state index in [2.05, 4.69) is 10.3 Å². The summed E-state index contributed by atoms with van der Waals surface area (Å²) in [5.41, 5.74) is 1.53. The van der Waals surface area contributed by atoms with Crippen LogP contribution in [-0.2, 0) is 9.59 Å². The zero-order valence-corrected chi connectivity index (χ0v) is 19.6. The van der Waals surface area contributed by atoms with Crippen molar-refractivity contribution >= 4 is 46.4 Å². The molecule has 9 heteroatoms. The van der Waals surface area contributed by atoms with Gasteiger partial charge < -0.3 is 15.3 Å². The van der Waals surface area contributed by atoms with Crippen LogP contribution in [0, 0.1) is 0 Å². The third kappa shape index (κ3) is 5.81. The van der Waals surface area contributed by atoms with Crippen molar-refractivity contribution in [1.29, 1.82) is 0 Å². The normalized spacial score (nSPS) is 15.8. The number of para-hydroxylation sites is 2. The van der Waals surface area contributed by atoms with Gasteiger partial charge in [-0.25, -0.2) is 0 Å². The van der Waals surface area contributed by atoms with E-state index in [1.54, 1.807) is 62.6 Å². The fraction of sp³-hybridized carbons (Fsp3) is 0.250. The highest BCUT2D eigenvalue weighted by Gasteiger charge is 2.35. The standard InChI is InChI=1S/C24H26N4O4S/c1-4-13-25-24-28(18-7-5-6-8-19(18)29)23(32)20(33-24)14-16-9-11-17(12-10-16)22(31)26-15-21(30)27(2)3/h5-12,14,29H,4,13,15H2,1-3H3,(H,26,31)/b20-14-,25-24?. The van der Waals surface area contributed by atoms with E-state index in [1.165, 1.54) is 27.6 Å². The summed E-state index contributed by atoms with van der Waals surface area (Å²) < 4.78 is 0. The van der Waals surface area contributed by atoms with E-state index >= 15 is 0 Å². The molecule has 0 aromatic heterocycles. The molecule has 1 aliphatic rings. The summed E-state index contributed by atoms with van der Waals surface area (Å²) in [4.78, 5) is 44.9. The number of amidine groups is 1. The second-order valence-corrected chi connectivity index (χ2v) is 8.51. The minimum atomic E-state index is -0.351. The molecule has 1 heterocycles. The molecule has 0 atom stereocenters. The van der Waals surface area contributed by atoms with E-state index in [4.69, 9.17) is 0 Å². The molecular weight excluding hydrogens is 440 g/mol. The van der Waals surface area contributed by atoms with Crippen molar-refractivity contribution in [2.24, 2.45) is 4.99 Å². The van der Waals surface area contributed by atoms with Gasteiger partial charge in [-0.2, -0.15) is 0 Å². The van der Waals surface area contributed by atoms with E-state index in [0.29, 0.717) is 27.9 Å². The van der Waals surface area contributed by atoms with Crippen molar-refractivity contribution in [3.8, 4) is 5.75 Å². The number of amides is 3. The predicted molar refractivity (Wildman–Crippen MR) is 131 cm³/mol. The number of carbonyl (C=O) groups excluding carboxylic acids is 3. The van der Waals surface area contributed by atoms with Crippen LogP contribution < -0.4 is 10.2 Å². The number of thioether (sulfide) groups is 1. The van der Waals surface area contributed by atoms with Gasteiger partial charge in [0.25, 0.3) is 11.8 Å². The molecule has 1 saturated heterocycles. The summed E-state index contributed by atoms with van der Waals surface area (Å²) in [5.74, 6) is -0.827. The number of benzene rings is 2. The number of aromatic hydroxyl groups is 1. The van der Waals surface area contributed by atoms with Crippen LogP contribution in [0.4, 0.5) is 5.69 Å². The molecule has 1 fully saturated rings. The van der Waals surface area contributed by atoms with Crippen molar-refractivity contribution in [1.82, 2.24) is 10.2 Å². The number of hydrogen-bond donors (Lipinski definition) is 2. The summed E-state index contributed by atoms with van der Waals surface area (Å²) >= 11 is 1.24. The van der Waals surface area contributed by atoms with E-state index in [-0.39, 0.29) is 30.0 Å². The molecule has 3 amide bonds. The molecule has 0 aliphatic carbocycles. The number of hydrogen-bond acceptors (Lipinski definition) is 6. The van der Waals surface area contributed by atoms with Crippen molar-refractivity contribution in [3.63, 3.8) is 0 Å². The molecule has 33 heavy (non-hydrogen) atoms. The molecule has 2 aromatic carbocycles. The Bertz CT molecular complexity index is 1110. The number of nitrogens with zero attached hydrogens (tertiary/aromatic N) is 3. The minimum absolute atomic E-state index is 0.0000113. The average molecular weight is 467 g/mol. The van der Waals surface area contributed by atoms with Gasteiger partial charge in [0.1, 0.15) is 5.75 Å². The van der Waals surface area contributed by atoms with Crippen LogP contribution in [-0.4, -0.2) is 60.1 Å². The number of nitrogens with one attached hydrogen (secondary N) is 1. The maximum atomic E-state index is 13.2. The molecule has 0 radical (unpaired) electrons. The summed E-state index contributed by atoms with van der Waals surface area (Å²) in [6.45, 7) is 2.48. The Morgan fingerprint density at radius 1 is 1.15 bits per heavy atom. The highest BCUT2D eigenvalue weighted by Crippen LogP contribution is 2.39. The number of carbonyl (C=O) groups is 3.